The van der Waals surface area contributed by atoms with Crippen LogP contribution in [0.3, 0.4) is 0 Å². The minimum absolute atomic E-state index is 0.0872. The average Bonchev–Trinajstić information content (AvgIpc) is 3.94. The van der Waals surface area contributed by atoms with Gasteiger partial charge >= 0.3 is 27.6 Å². The van der Waals surface area contributed by atoms with E-state index in [0.29, 0.717) is 0 Å². The van der Waals surface area contributed by atoms with Crippen LogP contribution < -0.4 is 17.0 Å². The van der Waals surface area contributed by atoms with E-state index < -0.39 is 120 Å². The van der Waals surface area contributed by atoms with Crippen LogP contribution in [0.15, 0.2) is 29.7 Å². The number of hydrogen-bond acceptors (Lipinski definition) is 22. The van der Waals surface area contributed by atoms with Crippen molar-refractivity contribution in [3.05, 3.63) is 35.3 Å². The lowest BCUT2D eigenvalue weighted by molar-refractivity contribution is -0.162. The van der Waals surface area contributed by atoms with Crippen LogP contribution in [0.1, 0.15) is 54.0 Å². The van der Waals surface area contributed by atoms with Crippen LogP contribution >= 0.6 is 15.6 Å². The van der Waals surface area contributed by atoms with Gasteiger partial charge in [0.05, 0.1) is 42.4 Å². The highest BCUT2D eigenvalue weighted by Gasteiger charge is 2.56. The molecular weight excluding hydrogens is 859 g/mol. The summed E-state index contributed by atoms with van der Waals surface area (Å²) in [5.41, 5.74) is 9.17. The lowest BCUT2D eigenvalue weighted by Gasteiger charge is -2.28. The molecule has 28 heteroatoms. The molecule has 0 amide bonds. The molecule has 0 saturated carbocycles. The molecule has 3 saturated heterocycles. The zero-order valence-corrected chi connectivity index (χ0v) is 35.2. The molecule has 0 radical (unpaired) electrons. The number of esters is 2. The number of aliphatic hydroxyl groups is 1. The Morgan fingerprint density at radius 1 is 0.852 bits per heavy atom. The number of anilines is 2. The summed E-state index contributed by atoms with van der Waals surface area (Å²) in [5.74, 6) is -1.87. The molecule has 6 N–H and O–H groups in total. The largest absolute Gasteiger partial charge is 0.478 e. The van der Waals surface area contributed by atoms with Gasteiger partial charge in [0.25, 0.3) is 5.56 Å². The standard InChI is InChI=1S/C33H44FN9O16P2/c1-32(2,3)29(46)50-13-54-60(48)52-9-16-21(44)23(28(56-16)43-12-39-20-25(43)40-31(36)41-26(20)45)59-61(49,55-14-51-30(47)33(4,5)6)53-10-17-22(58-60)18(34)27(57-17)42-11-38-19-15(35)7-8-37-24(19)42/h7-8,11-12,16-18,21-23,27-28,44H,9-10,13-14H2,1-6H3,(H2,35,37)(H3,36,40,41,45)/t16-,17-,18+,21+,22?,23?,27-,28-,60?,61?/m1/s1. The monoisotopic (exact) mass is 903 g/mol. The predicted octanol–water partition coefficient (Wildman–Crippen LogP) is 2.38. The first kappa shape index (κ1) is 44.6. The molecule has 3 fully saturated rings. The van der Waals surface area contributed by atoms with Gasteiger partial charge in [-0.3, -0.25) is 46.6 Å². The van der Waals surface area contributed by atoms with E-state index in [0.717, 1.165) is 10.9 Å². The van der Waals surface area contributed by atoms with Crippen LogP contribution in [-0.2, 0) is 64.8 Å². The van der Waals surface area contributed by atoms with E-state index in [2.05, 4.69) is 24.9 Å². The van der Waals surface area contributed by atoms with Crippen LogP contribution in [0.2, 0.25) is 0 Å². The summed E-state index contributed by atoms with van der Waals surface area (Å²) in [6, 6.07) is 1.47. The van der Waals surface area contributed by atoms with Crippen LogP contribution in [0.25, 0.3) is 22.3 Å². The van der Waals surface area contributed by atoms with Gasteiger partial charge in [-0.25, -0.2) is 37.5 Å². The molecule has 4 aromatic heterocycles. The normalized spacial score (nSPS) is 31.3. The topological polar surface area (TPSA) is 327 Å². The summed E-state index contributed by atoms with van der Waals surface area (Å²) in [6.45, 7) is 5.45. The number of nitrogen functional groups attached to an aromatic ring is 2. The van der Waals surface area contributed by atoms with Crippen LogP contribution in [0, 0.1) is 10.8 Å². The number of rotatable bonds is 8. The fourth-order valence-electron chi connectivity index (χ4n) is 6.19. The predicted molar refractivity (Wildman–Crippen MR) is 203 cm³/mol. The highest BCUT2D eigenvalue weighted by molar-refractivity contribution is 7.48. The number of H-pyrrole nitrogens is 1. The zero-order valence-electron chi connectivity index (χ0n) is 33.4. The number of aromatic nitrogens is 7. The number of nitrogens with one attached hydrogen (secondary N) is 1. The number of phosphoric acid groups is 2. The number of nitrogens with two attached hydrogens (primary N) is 2. The van der Waals surface area contributed by atoms with E-state index in [4.69, 9.17) is 57.6 Å². The van der Waals surface area contributed by atoms with Gasteiger partial charge in [-0.1, -0.05) is 0 Å². The van der Waals surface area contributed by atoms with E-state index in [1.807, 2.05) is 0 Å². The number of carbonyl (C=O) groups is 2. The number of halogens is 1. The second-order valence-electron chi connectivity index (χ2n) is 16.0. The Labute approximate surface area is 344 Å². The van der Waals surface area contributed by atoms with Crippen molar-refractivity contribution in [2.24, 2.45) is 10.8 Å². The maximum Gasteiger partial charge on any atom is 0.478 e. The third-order valence-corrected chi connectivity index (χ3v) is 12.2. The van der Waals surface area contributed by atoms with E-state index in [1.165, 1.54) is 23.2 Å². The number of phosphoric ester groups is 2. The maximum absolute atomic E-state index is 16.8. The summed E-state index contributed by atoms with van der Waals surface area (Å²) in [4.78, 5) is 56.7. The molecule has 3 aliphatic heterocycles. The fourth-order valence-corrected chi connectivity index (χ4v) is 8.68. The number of aliphatic hydroxyl groups excluding tert-OH is 1. The Bertz CT molecular complexity index is 2450. The Morgan fingerprint density at radius 3 is 2.00 bits per heavy atom. The van der Waals surface area contributed by atoms with E-state index >= 15 is 4.39 Å². The Hall–Kier alpha value is -4.46. The second kappa shape index (κ2) is 16.7. The van der Waals surface area contributed by atoms with Crippen molar-refractivity contribution in [3.63, 3.8) is 0 Å². The van der Waals surface area contributed by atoms with Gasteiger partial charge in [-0.2, -0.15) is 4.98 Å². The summed E-state index contributed by atoms with van der Waals surface area (Å²) in [6.07, 6.45) is -10.8. The smallest absolute Gasteiger partial charge is 0.437 e. The van der Waals surface area contributed by atoms with Gasteiger partial charge < -0.3 is 35.5 Å². The Morgan fingerprint density at radius 2 is 1.39 bits per heavy atom. The molecule has 7 heterocycles. The summed E-state index contributed by atoms with van der Waals surface area (Å²) in [5, 5.41) is 11.7. The molecule has 10 atom stereocenters. The molecule has 2 bridgehead atoms. The number of carbonyl (C=O) groups excluding carboxylic acids is 2. The quantitative estimate of drug-likeness (QED) is 0.112. The summed E-state index contributed by atoms with van der Waals surface area (Å²) < 4.78 is 105. The lowest BCUT2D eigenvalue weighted by atomic mass is 9.98. The third-order valence-electron chi connectivity index (χ3n) is 9.39. The maximum atomic E-state index is 16.8. The van der Waals surface area contributed by atoms with Crippen molar-refractivity contribution < 1.29 is 74.3 Å². The number of ether oxygens (including phenoxy) is 4. The van der Waals surface area contributed by atoms with Gasteiger partial charge in [0.15, 0.2) is 35.4 Å². The van der Waals surface area contributed by atoms with E-state index in [1.54, 1.807) is 41.5 Å². The molecule has 25 nitrogen and oxygen atoms in total. The minimum atomic E-state index is -5.13. The minimum Gasteiger partial charge on any atom is -0.437 e. The molecule has 4 aromatic rings. The van der Waals surface area contributed by atoms with Gasteiger partial charge in [0, 0.05) is 6.20 Å². The molecule has 4 unspecified atom stereocenters. The average molecular weight is 904 g/mol. The third kappa shape index (κ3) is 9.20. The number of nitrogens with zero attached hydrogens (tertiary/aromatic N) is 6. The first-order valence-corrected chi connectivity index (χ1v) is 21.4. The number of aromatic amines is 1. The molecule has 61 heavy (non-hydrogen) atoms. The molecule has 0 aromatic carbocycles. The van der Waals surface area contributed by atoms with Gasteiger partial charge in [0.2, 0.25) is 19.5 Å². The van der Waals surface area contributed by atoms with Crippen molar-refractivity contribution in [1.29, 1.82) is 0 Å². The molecule has 0 aliphatic carbocycles. The molecule has 0 spiro atoms. The summed E-state index contributed by atoms with van der Waals surface area (Å²) in [7, 11) is -10.2. The van der Waals surface area contributed by atoms with Gasteiger partial charge in [-0.05, 0) is 47.6 Å². The molecular formula is C33H44FN9O16P2. The number of fused-ring (bicyclic) bond motifs is 5. The first-order valence-electron chi connectivity index (χ1n) is 18.5. The lowest BCUT2D eigenvalue weighted by Crippen LogP contribution is -2.36. The van der Waals surface area contributed by atoms with Crippen molar-refractivity contribution >= 4 is 61.5 Å². The van der Waals surface area contributed by atoms with Crippen molar-refractivity contribution in [2.45, 2.75) is 90.7 Å². The van der Waals surface area contributed by atoms with Crippen molar-refractivity contribution in [2.75, 3.05) is 38.3 Å². The Balaban J connectivity index is 1.27. The molecule has 3 aliphatic rings. The number of imidazole rings is 2. The Kier molecular flexibility index (Phi) is 12.2. The fraction of sp³-hybridized carbons (Fsp3) is 0.606. The van der Waals surface area contributed by atoms with E-state index in [-0.39, 0.29) is 34.0 Å². The van der Waals surface area contributed by atoms with Crippen molar-refractivity contribution in [1.82, 2.24) is 34.1 Å². The first-order chi connectivity index (χ1) is 28.6. The van der Waals surface area contributed by atoms with Gasteiger partial charge in [0.1, 0.15) is 36.0 Å². The number of hydrogen-bond donors (Lipinski definition) is 4. The van der Waals surface area contributed by atoms with Crippen LogP contribution in [0.4, 0.5) is 16.0 Å². The van der Waals surface area contributed by atoms with Crippen LogP contribution in [0.5, 0.6) is 0 Å². The second-order valence-corrected chi connectivity index (χ2v) is 19.3. The molecule has 7 rings (SSSR count). The van der Waals surface area contributed by atoms with Crippen molar-refractivity contribution in [3.8, 4) is 0 Å². The van der Waals surface area contributed by atoms with Gasteiger partial charge in [-0.15, -0.1) is 0 Å². The van der Waals surface area contributed by atoms with E-state index in [9.17, 15) is 28.6 Å². The summed E-state index contributed by atoms with van der Waals surface area (Å²) >= 11 is 0. The zero-order chi connectivity index (χ0) is 44.2. The highest BCUT2D eigenvalue weighted by Crippen LogP contribution is 2.58. The highest BCUT2D eigenvalue weighted by atomic mass is 31.2. The number of pyridine rings is 1. The number of alkyl halides is 1. The van der Waals surface area contributed by atoms with Crippen LogP contribution in [-0.4, -0.2) is 115 Å². The SMILES string of the molecule is CC(C)(C)C(=O)OCOP1(=O)OC[C@H]2O[C@@H](n3cnc4c(N)ccnc43)[C@@H](F)C2OP(=O)(OCOC(=O)C(C)(C)C)OC[C@H]2O[C@@H](n3cnc4c(=O)[nH]c(N)nc43)C(O1)[C@H]2O. The molecule has 334 valence electrons.